The van der Waals surface area contributed by atoms with Crippen molar-refractivity contribution in [2.45, 2.75) is 6.92 Å². The summed E-state index contributed by atoms with van der Waals surface area (Å²) < 4.78 is 4.58. The number of amides is 1. The molecule has 0 bridgehead atoms. The molecule has 1 heterocycles. The van der Waals surface area contributed by atoms with Crippen LogP contribution in [0.5, 0.6) is 0 Å². The predicted molar refractivity (Wildman–Crippen MR) is 60.6 cm³/mol. The van der Waals surface area contributed by atoms with Gasteiger partial charge in [0.1, 0.15) is 6.26 Å². The van der Waals surface area contributed by atoms with E-state index < -0.39 is 0 Å². The molecule has 0 saturated carbocycles. The van der Waals surface area contributed by atoms with Crippen molar-refractivity contribution < 1.29 is 9.32 Å². The summed E-state index contributed by atoms with van der Waals surface area (Å²) in [7, 11) is 0. The van der Waals surface area contributed by atoms with Gasteiger partial charge in [-0.25, -0.2) is 0 Å². The van der Waals surface area contributed by atoms with Gasteiger partial charge in [0.2, 0.25) is 0 Å². The van der Waals surface area contributed by atoms with Gasteiger partial charge in [-0.2, -0.15) is 0 Å². The van der Waals surface area contributed by atoms with Crippen molar-refractivity contribution >= 4 is 23.2 Å². The monoisotopic (exact) mass is 236 g/mol. The van der Waals surface area contributed by atoms with Gasteiger partial charge in [-0.05, 0) is 24.6 Å². The minimum Gasteiger partial charge on any atom is -0.364 e. The third-order valence-electron chi connectivity index (χ3n) is 2.12. The molecule has 2 aromatic rings. The standard InChI is InChI=1S/C11H9ClN2O2/c1-7-2-3-9(4-10(7)12)14-11(15)8-5-13-16-6-8/h2-6H,1H3,(H,14,15). The van der Waals surface area contributed by atoms with Gasteiger partial charge in [0.05, 0.1) is 11.8 Å². The predicted octanol–water partition coefficient (Wildman–Crippen LogP) is 2.89. The molecule has 0 aliphatic rings. The van der Waals surface area contributed by atoms with Crippen LogP contribution in [-0.2, 0) is 0 Å². The first-order valence-corrected chi connectivity index (χ1v) is 5.01. The van der Waals surface area contributed by atoms with Crippen LogP contribution in [0.4, 0.5) is 5.69 Å². The van der Waals surface area contributed by atoms with Crippen LogP contribution >= 0.6 is 11.6 Å². The molecule has 2 rings (SSSR count). The average Bonchev–Trinajstić information content (AvgIpc) is 2.77. The molecule has 0 fully saturated rings. The van der Waals surface area contributed by atoms with Gasteiger partial charge >= 0.3 is 0 Å². The fourth-order valence-electron chi connectivity index (χ4n) is 1.19. The molecule has 0 aliphatic heterocycles. The van der Waals surface area contributed by atoms with Gasteiger partial charge in [0, 0.05) is 10.7 Å². The number of halogens is 1. The van der Waals surface area contributed by atoms with Crippen LogP contribution in [0.2, 0.25) is 5.02 Å². The van der Waals surface area contributed by atoms with E-state index in [-0.39, 0.29) is 5.91 Å². The summed E-state index contributed by atoms with van der Waals surface area (Å²) in [6, 6.07) is 5.32. The summed E-state index contributed by atoms with van der Waals surface area (Å²) in [6.45, 7) is 1.90. The summed E-state index contributed by atoms with van der Waals surface area (Å²) in [5.41, 5.74) is 1.98. The summed E-state index contributed by atoms with van der Waals surface area (Å²) in [4.78, 5) is 11.6. The topological polar surface area (TPSA) is 55.1 Å². The lowest BCUT2D eigenvalue weighted by Crippen LogP contribution is -2.10. The number of nitrogens with one attached hydrogen (secondary N) is 1. The highest BCUT2D eigenvalue weighted by Gasteiger charge is 2.08. The molecule has 4 nitrogen and oxygen atoms in total. The van der Waals surface area contributed by atoms with Crippen molar-refractivity contribution in [3.63, 3.8) is 0 Å². The Morgan fingerprint density at radius 3 is 2.94 bits per heavy atom. The number of nitrogens with zero attached hydrogens (tertiary/aromatic N) is 1. The SMILES string of the molecule is Cc1ccc(NC(=O)c2cnoc2)cc1Cl. The molecular weight excluding hydrogens is 228 g/mol. The van der Waals surface area contributed by atoms with Gasteiger partial charge in [0.25, 0.3) is 5.91 Å². The van der Waals surface area contributed by atoms with Crippen molar-refractivity contribution in [3.05, 3.63) is 46.8 Å². The lowest BCUT2D eigenvalue weighted by Gasteiger charge is -2.04. The zero-order valence-electron chi connectivity index (χ0n) is 8.53. The number of carbonyl (C=O) groups excluding carboxylic acids is 1. The minimum absolute atomic E-state index is 0.277. The van der Waals surface area contributed by atoms with E-state index >= 15 is 0 Å². The Morgan fingerprint density at radius 1 is 1.50 bits per heavy atom. The molecule has 0 spiro atoms. The van der Waals surface area contributed by atoms with Gasteiger partial charge < -0.3 is 9.84 Å². The molecule has 0 radical (unpaired) electrons. The van der Waals surface area contributed by atoms with Crippen molar-refractivity contribution in [2.75, 3.05) is 5.32 Å². The summed E-state index contributed by atoms with van der Waals surface area (Å²) in [5.74, 6) is -0.277. The minimum atomic E-state index is -0.277. The number of anilines is 1. The van der Waals surface area contributed by atoms with Gasteiger partial charge in [-0.15, -0.1) is 0 Å². The normalized spacial score (nSPS) is 10.1. The molecule has 1 N–H and O–H groups in total. The summed E-state index contributed by atoms with van der Waals surface area (Å²) in [6.07, 6.45) is 2.64. The van der Waals surface area contributed by atoms with Crippen LogP contribution in [-0.4, -0.2) is 11.1 Å². The highest BCUT2D eigenvalue weighted by Crippen LogP contribution is 2.20. The second kappa shape index (κ2) is 4.37. The third-order valence-corrected chi connectivity index (χ3v) is 2.53. The first-order valence-electron chi connectivity index (χ1n) is 4.63. The largest absolute Gasteiger partial charge is 0.364 e. The van der Waals surface area contributed by atoms with E-state index in [0.29, 0.717) is 16.3 Å². The maximum atomic E-state index is 11.6. The van der Waals surface area contributed by atoms with Gasteiger partial charge in [-0.3, -0.25) is 4.79 Å². The van der Waals surface area contributed by atoms with Crippen molar-refractivity contribution in [1.29, 1.82) is 0 Å². The van der Waals surface area contributed by atoms with E-state index in [1.165, 1.54) is 12.5 Å². The molecule has 0 atom stereocenters. The average molecular weight is 237 g/mol. The second-order valence-electron chi connectivity index (χ2n) is 3.33. The van der Waals surface area contributed by atoms with Crippen molar-refractivity contribution in [3.8, 4) is 0 Å². The summed E-state index contributed by atoms with van der Waals surface area (Å²) in [5, 5.41) is 6.76. The van der Waals surface area contributed by atoms with E-state index in [1.54, 1.807) is 12.1 Å². The Balaban J connectivity index is 2.15. The van der Waals surface area contributed by atoms with Crippen molar-refractivity contribution in [1.82, 2.24) is 5.16 Å². The highest BCUT2D eigenvalue weighted by molar-refractivity contribution is 6.31. The number of aryl methyl sites for hydroxylation is 1. The number of rotatable bonds is 2. The highest BCUT2D eigenvalue weighted by atomic mass is 35.5. The lowest BCUT2D eigenvalue weighted by atomic mass is 10.2. The van der Waals surface area contributed by atoms with E-state index in [4.69, 9.17) is 11.6 Å². The van der Waals surface area contributed by atoms with E-state index in [9.17, 15) is 4.79 Å². The number of hydrogen-bond donors (Lipinski definition) is 1. The molecule has 0 saturated heterocycles. The molecule has 1 aromatic heterocycles. The fourth-order valence-corrected chi connectivity index (χ4v) is 1.37. The Kier molecular flexibility index (Phi) is 2.92. The molecular formula is C11H9ClN2O2. The van der Waals surface area contributed by atoms with Crippen LogP contribution < -0.4 is 5.32 Å². The summed E-state index contributed by atoms with van der Waals surface area (Å²) >= 11 is 5.94. The Morgan fingerprint density at radius 2 is 2.31 bits per heavy atom. The molecule has 16 heavy (non-hydrogen) atoms. The van der Waals surface area contributed by atoms with Crippen LogP contribution in [0.15, 0.2) is 35.2 Å². The molecule has 82 valence electrons. The Bertz CT molecular complexity index is 509. The number of benzene rings is 1. The maximum Gasteiger partial charge on any atom is 0.260 e. The molecule has 0 unspecified atom stereocenters. The Labute approximate surface area is 97.2 Å². The second-order valence-corrected chi connectivity index (χ2v) is 3.74. The van der Waals surface area contributed by atoms with E-state index in [2.05, 4.69) is 15.0 Å². The zero-order chi connectivity index (χ0) is 11.5. The van der Waals surface area contributed by atoms with Crippen LogP contribution in [0.3, 0.4) is 0 Å². The molecule has 1 amide bonds. The maximum absolute atomic E-state index is 11.6. The first-order chi connectivity index (χ1) is 7.66. The zero-order valence-corrected chi connectivity index (χ0v) is 9.28. The quantitative estimate of drug-likeness (QED) is 0.872. The smallest absolute Gasteiger partial charge is 0.260 e. The van der Waals surface area contributed by atoms with Crippen molar-refractivity contribution in [2.24, 2.45) is 0 Å². The Hall–Kier alpha value is -1.81. The van der Waals surface area contributed by atoms with Gasteiger partial charge in [-0.1, -0.05) is 22.8 Å². The molecule has 1 aromatic carbocycles. The van der Waals surface area contributed by atoms with Crippen LogP contribution in [0, 0.1) is 6.92 Å². The van der Waals surface area contributed by atoms with E-state index in [1.807, 2.05) is 13.0 Å². The van der Waals surface area contributed by atoms with E-state index in [0.717, 1.165) is 5.56 Å². The molecule has 5 heteroatoms. The number of carbonyl (C=O) groups is 1. The van der Waals surface area contributed by atoms with Gasteiger partial charge in [0.15, 0.2) is 0 Å². The third kappa shape index (κ3) is 2.23. The first kappa shape index (κ1) is 10.7. The number of aromatic nitrogens is 1. The number of hydrogen-bond acceptors (Lipinski definition) is 3. The van der Waals surface area contributed by atoms with Crippen LogP contribution in [0.25, 0.3) is 0 Å². The lowest BCUT2D eigenvalue weighted by molar-refractivity contribution is 0.102. The fraction of sp³-hybridized carbons (Fsp3) is 0.0909. The molecule has 0 aliphatic carbocycles. The van der Waals surface area contributed by atoms with Crippen LogP contribution in [0.1, 0.15) is 15.9 Å².